The van der Waals surface area contributed by atoms with Crippen molar-refractivity contribution < 1.29 is 14.3 Å². The monoisotopic (exact) mass is 156 g/mol. The van der Waals surface area contributed by atoms with Crippen molar-refractivity contribution in [3.63, 3.8) is 0 Å². The van der Waals surface area contributed by atoms with Gasteiger partial charge in [0.1, 0.15) is 0 Å². The smallest absolute Gasteiger partial charge is 0.338 e. The molecule has 0 aromatic heterocycles. The summed E-state index contributed by atoms with van der Waals surface area (Å²) < 4.78 is 4.59. The molecule has 60 valence electrons. The van der Waals surface area contributed by atoms with Crippen molar-refractivity contribution in [1.29, 1.82) is 0 Å². The first-order valence-electron chi connectivity index (χ1n) is 3.24. The molecular weight excluding hydrogens is 148 g/mol. The molecule has 1 N–H and O–H groups in total. The van der Waals surface area contributed by atoms with Gasteiger partial charge in [0, 0.05) is 0 Å². The first-order chi connectivity index (χ1) is 5.25. The second-order valence-electron chi connectivity index (χ2n) is 1.97. The molecule has 1 heterocycles. The lowest BCUT2D eigenvalue weighted by molar-refractivity contribution is -0.147. The molecule has 1 aliphatic rings. The van der Waals surface area contributed by atoms with Crippen molar-refractivity contribution in [2.75, 3.05) is 6.61 Å². The summed E-state index contributed by atoms with van der Waals surface area (Å²) in [7, 11) is 0. The van der Waals surface area contributed by atoms with Crippen LogP contribution in [0, 0.1) is 0 Å². The minimum Gasteiger partial charge on any atom is -0.464 e. The minimum atomic E-state index is -0.921. The molecule has 0 aliphatic carbocycles. The van der Waals surface area contributed by atoms with Crippen molar-refractivity contribution in [2.24, 2.45) is 5.10 Å². The van der Waals surface area contributed by atoms with E-state index in [9.17, 15) is 9.59 Å². The molecule has 0 aromatic carbocycles. The number of carbonyl (C=O) groups is 2. The lowest BCUT2D eigenvalue weighted by Gasteiger charge is -2.05. The van der Waals surface area contributed by atoms with Crippen LogP contribution in [0.4, 0.5) is 0 Å². The third-order valence-corrected chi connectivity index (χ3v) is 1.20. The minimum absolute atomic E-state index is 0.268. The highest BCUT2D eigenvalue weighted by molar-refractivity contribution is 6.36. The number of rotatable bonds is 2. The molecule has 5 heteroatoms. The molecule has 11 heavy (non-hydrogen) atoms. The second kappa shape index (κ2) is 3.14. The number of hydrogen-bond donors (Lipinski definition) is 1. The summed E-state index contributed by atoms with van der Waals surface area (Å²) in [6, 6.07) is -0.921. The number of esters is 1. The number of nitrogens with one attached hydrogen (secondary N) is 1. The Kier molecular flexibility index (Phi) is 2.20. The van der Waals surface area contributed by atoms with Crippen molar-refractivity contribution in [2.45, 2.75) is 13.0 Å². The Balaban J connectivity index is 2.49. The van der Waals surface area contributed by atoms with Gasteiger partial charge in [-0.25, -0.2) is 4.79 Å². The molecule has 0 aromatic rings. The fourth-order valence-corrected chi connectivity index (χ4v) is 0.708. The first-order valence-corrected chi connectivity index (χ1v) is 3.24. The predicted octanol–water partition coefficient (Wildman–Crippen LogP) is -0.924. The van der Waals surface area contributed by atoms with Gasteiger partial charge in [0.2, 0.25) is 11.8 Å². The van der Waals surface area contributed by atoms with E-state index in [-0.39, 0.29) is 12.4 Å². The Labute approximate surface area is 63.4 Å². The van der Waals surface area contributed by atoms with Gasteiger partial charge in [-0.3, -0.25) is 10.2 Å². The Morgan fingerprint density at radius 2 is 2.64 bits per heavy atom. The fourth-order valence-electron chi connectivity index (χ4n) is 0.708. The topological polar surface area (TPSA) is 67.8 Å². The van der Waals surface area contributed by atoms with Crippen molar-refractivity contribution in [1.82, 2.24) is 5.43 Å². The van der Waals surface area contributed by atoms with Crippen molar-refractivity contribution >= 4 is 18.0 Å². The normalized spacial score (nSPS) is 21.5. The number of hydrogen-bond acceptors (Lipinski definition) is 5. The average molecular weight is 156 g/mol. The highest BCUT2D eigenvalue weighted by Crippen LogP contribution is 1.95. The highest BCUT2D eigenvalue weighted by Gasteiger charge is 2.29. The molecule has 0 saturated heterocycles. The highest BCUT2D eigenvalue weighted by atomic mass is 16.5. The van der Waals surface area contributed by atoms with Gasteiger partial charge in [0.15, 0.2) is 0 Å². The summed E-state index contributed by atoms with van der Waals surface area (Å²) in [5.74, 6) is -0.932. The molecule has 1 rings (SSSR count). The second-order valence-corrected chi connectivity index (χ2v) is 1.97. The van der Waals surface area contributed by atoms with E-state index in [1.54, 1.807) is 6.92 Å². The standard InChI is InChI=1S/C6H8N2O3/c1-2-11-6(10)5-4(9)3-7-8-5/h3,5,8H,2H2,1H3. The summed E-state index contributed by atoms with van der Waals surface area (Å²) in [6.07, 6.45) is 1.07. The number of nitrogens with zero attached hydrogens (tertiary/aromatic N) is 1. The van der Waals surface area contributed by atoms with Gasteiger partial charge in [0.05, 0.1) is 12.8 Å². The molecule has 1 aliphatic heterocycles. The van der Waals surface area contributed by atoms with Crippen LogP contribution in [0.2, 0.25) is 0 Å². The zero-order chi connectivity index (χ0) is 8.27. The Bertz CT molecular complexity index is 212. The molecule has 0 saturated carbocycles. The number of carbonyl (C=O) groups excluding carboxylic acids is 2. The molecule has 0 amide bonds. The maximum absolute atomic E-state index is 10.9. The maximum Gasteiger partial charge on any atom is 0.338 e. The number of ketones is 1. The van der Waals surface area contributed by atoms with Gasteiger partial charge >= 0.3 is 5.97 Å². The van der Waals surface area contributed by atoms with Gasteiger partial charge in [-0.2, -0.15) is 5.10 Å². The molecule has 1 atom stereocenters. The van der Waals surface area contributed by atoms with Crippen LogP contribution in [0.3, 0.4) is 0 Å². The molecule has 0 bridgehead atoms. The summed E-state index contributed by atoms with van der Waals surface area (Å²) in [5, 5.41) is 3.42. The van der Waals surface area contributed by atoms with E-state index in [0.717, 1.165) is 6.21 Å². The lowest BCUT2D eigenvalue weighted by atomic mass is 10.2. The zero-order valence-electron chi connectivity index (χ0n) is 6.03. The molecule has 5 nitrogen and oxygen atoms in total. The molecule has 0 fully saturated rings. The van der Waals surface area contributed by atoms with Crippen LogP contribution in [-0.4, -0.2) is 30.6 Å². The van der Waals surface area contributed by atoms with Crippen LogP contribution >= 0.6 is 0 Å². The maximum atomic E-state index is 10.9. The van der Waals surface area contributed by atoms with E-state index in [4.69, 9.17) is 0 Å². The van der Waals surface area contributed by atoms with Crippen LogP contribution < -0.4 is 5.43 Å². The van der Waals surface area contributed by atoms with Gasteiger partial charge in [0.25, 0.3) is 0 Å². The summed E-state index contributed by atoms with van der Waals surface area (Å²) in [4.78, 5) is 21.6. The van der Waals surface area contributed by atoms with Crippen molar-refractivity contribution in [3.8, 4) is 0 Å². The Morgan fingerprint density at radius 3 is 3.09 bits per heavy atom. The SMILES string of the molecule is CCOC(=O)C1NN=CC1=O. The predicted molar refractivity (Wildman–Crippen MR) is 37.1 cm³/mol. The lowest BCUT2D eigenvalue weighted by Crippen LogP contribution is -2.37. The van der Waals surface area contributed by atoms with Gasteiger partial charge in [-0.1, -0.05) is 0 Å². The number of ether oxygens (including phenoxy) is 1. The summed E-state index contributed by atoms with van der Waals surface area (Å²) in [5.41, 5.74) is 2.34. The zero-order valence-corrected chi connectivity index (χ0v) is 6.03. The van der Waals surface area contributed by atoms with Crippen LogP contribution in [-0.2, 0) is 14.3 Å². The third-order valence-electron chi connectivity index (χ3n) is 1.20. The fraction of sp³-hybridized carbons (Fsp3) is 0.500. The summed E-state index contributed by atoms with van der Waals surface area (Å²) in [6.45, 7) is 1.95. The van der Waals surface area contributed by atoms with E-state index >= 15 is 0 Å². The summed E-state index contributed by atoms with van der Waals surface area (Å²) >= 11 is 0. The van der Waals surface area contributed by atoms with E-state index in [0.29, 0.717) is 0 Å². The first kappa shape index (κ1) is 7.71. The Hall–Kier alpha value is -1.39. The van der Waals surface area contributed by atoms with E-state index in [2.05, 4.69) is 15.3 Å². The van der Waals surface area contributed by atoms with Crippen molar-refractivity contribution in [3.05, 3.63) is 0 Å². The van der Waals surface area contributed by atoms with Crippen LogP contribution in [0.1, 0.15) is 6.92 Å². The largest absolute Gasteiger partial charge is 0.464 e. The van der Waals surface area contributed by atoms with Gasteiger partial charge < -0.3 is 4.74 Å². The van der Waals surface area contributed by atoms with E-state index in [1.165, 1.54) is 0 Å². The molecular formula is C6H8N2O3. The van der Waals surface area contributed by atoms with Crippen LogP contribution in [0.25, 0.3) is 0 Å². The molecule has 0 spiro atoms. The van der Waals surface area contributed by atoms with Gasteiger partial charge in [-0.15, -0.1) is 0 Å². The molecule has 1 unspecified atom stereocenters. The number of Topliss-reactive ketones (excluding diaryl/α,β-unsaturated/α-hetero) is 1. The molecule has 0 radical (unpaired) electrons. The van der Waals surface area contributed by atoms with Gasteiger partial charge in [-0.05, 0) is 6.92 Å². The van der Waals surface area contributed by atoms with E-state index < -0.39 is 12.0 Å². The Morgan fingerprint density at radius 1 is 1.91 bits per heavy atom. The van der Waals surface area contributed by atoms with Crippen LogP contribution in [0.5, 0.6) is 0 Å². The average Bonchev–Trinajstić information content (AvgIpc) is 2.36. The number of hydrazone groups is 1. The van der Waals surface area contributed by atoms with Crippen LogP contribution in [0.15, 0.2) is 5.10 Å². The quantitative estimate of drug-likeness (QED) is 0.414. The van der Waals surface area contributed by atoms with E-state index in [1.807, 2.05) is 0 Å². The third kappa shape index (κ3) is 1.54.